The smallest absolute Gasteiger partial charge is 0.352 e. The quantitative estimate of drug-likeness (QED) is 0.652. The fraction of sp³-hybridized carbons (Fsp3) is 0.533. The maximum absolute atomic E-state index is 11.1. The van der Waals surface area contributed by atoms with Crippen molar-refractivity contribution in [2.75, 3.05) is 19.6 Å². The van der Waals surface area contributed by atoms with Gasteiger partial charge in [0.2, 0.25) is 0 Å². The van der Waals surface area contributed by atoms with Crippen LogP contribution in [0.5, 0.6) is 0 Å². The minimum Gasteiger partial charge on any atom is -0.477 e. The van der Waals surface area contributed by atoms with Crippen LogP contribution in [0.2, 0.25) is 0 Å². The van der Waals surface area contributed by atoms with E-state index in [2.05, 4.69) is 10.8 Å². The number of likely N-dealkylation sites (tertiary alicyclic amines) is 1. The van der Waals surface area contributed by atoms with Gasteiger partial charge in [-0.15, -0.1) is 12.3 Å². The third-order valence-corrected chi connectivity index (χ3v) is 3.74. The molecule has 102 valence electrons. The summed E-state index contributed by atoms with van der Waals surface area (Å²) in [6.07, 6.45) is 11.0. The fourth-order valence-corrected chi connectivity index (χ4v) is 2.72. The number of hydrogen-bond donors (Lipinski definition) is 1. The maximum Gasteiger partial charge on any atom is 0.352 e. The van der Waals surface area contributed by atoms with E-state index >= 15 is 0 Å². The molecule has 0 bridgehead atoms. The molecule has 0 amide bonds. The van der Waals surface area contributed by atoms with E-state index in [1.807, 2.05) is 16.8 Å². The molecule has 1 saturated heterocycles. The number of carboxylic acid groups (broad SMARTS) is 1. The Morgan fingerprint density at radius 1 is 1.47 bits per heavy atom. The number of aromatic carboxylic acids is 1. The molecule has 0 aromatic carbocycles. The van der Waals surface area contributed by atoms with E-state index in [-0.39, 0.29) is 0 Å². The lowest BCUT2D eigenvalue weighted by Crippen LogP contribution is -2.35. The van der Waals surface area contributed by atoms with Gasteiger partial charge >= 0.3 is 5.97 Å². The van der Waals surface area contributed by atoms with Crippen molar-refractivity contribution in [2.45, 2.75) is 31.7 Å². The summed E-state index contributed by atoms with van der Waals surface area (Å²) in [5, 5.41) is 9.13. The lowest BCUT2D eigenvalue weighted by Gasteiger charge is -2.33. The molecule has 0 atom stereocenters. The second kappa shape index (κ2) is 6.44. The predicted octanol–water partition coefficient (Wildman–Crippen LogP) is 2.24. The molecule has 0 spiro atoms. The zero-order valence-electron chi connectivity index (χ0n) is 11.1. The molecule has 0 unspecified atom stereocenters. The second-order valence-corrected chi connectivity index (χ2v) is 4.99. The highest BCUT2D eigenvalue weighted by Gasteiger charge is 2.22. The number of nitrogens with zero attached hydrogens (tertiary/aromatic N) is 2. The number of carbonyl (C=O) groups is 1. The van der Waals surface area contributed by atoms with Crippen LogP contribution in [0.25, 0.3) is 0 Å². The van der Waals surface area contributed by atoms with Crippen molar-refractivity contribution in [3.05, 3.63) is 24.0 Å². The van der Waals surface area contributed by atoms with Crippen molar-refractivity contribution in [3.63, 3.8) is 0 Å². The Morgan fingerprint density at radius 2 is 2.21 bits per heavy atom. The first kappa shape index (κ1) is 13.7. The third-order valence-electron chi connectivity index (χ3n) is 3.74. The fourth-order valence-electron chi connectivity index (χ4n) is 2.72. The molecule has 2 heterocycles. The Morgan fingerprint density at radius 3 is 2.84 bits per heavy atom. The van der Waals surface area contributed by atoms with Crippen molar-refractivity contribution in [3.8, 4) is 12.3 Å². The van der Waals surface area contributed by atoms with Gasteiger partial charge in [-0.2, -0.15) is 0 Å². The van der Waals surface area contributed by atoms with Crippen molar-refractivity contribution in [2.24, 2.45) is 0 Å². The molecule has 1 fully saturated rings. The molecule has 1 aromatic heterocycles. The number of hydrogen-bond acceptors (Lipinski definition) is 2. The van der Waals surface area contributed by atoms with Crippen molar-refractivity contribution >= 4 is 5.97 Å². The number of terminal acetylenes is 1. The van der Waals surface area contributed by atoms with Crippen LogP contribution in [0.3, 0.4) is 0 Å². The average Bonchev–Trinajstić information content (AvgIpc) is 2.89. The molecule has 4 heteroatoms. The summed E-state index contributed by atoms with van der Waals surface area (Å²) in [7, 11) is 0. The van der Waals surface area contributed by atoms with Crippen LogP contribution in [0.1, 0.15) is 42.2 Å². The molecule has 0 aliphatic carbocycles. The Kier molecular flexibility index (Phi) is 4.64. The van der Waals surface area contributed by atoms with Crippen molar-refractivity contribution in [1.82, 2.24) is 9.47 Å². The van der Waals surface area contributed by atoms with Gasteiger partial charge in [0.1, 0.15) is 5.69 Å². The molecule has 1 N–H and O–H groups in total. The second-order valence-electron chi connectivity index (χ2n) is 4.99. The standard InChI is InChI=1S/C15H20N2O2/c1-2-3-4-9-16-11-7-13(8-12-16)17-10-5-6-14(17)15(18)19/h1,5-6,10,13H,3-4,7-9,11-12H2,(H,18,19). The Labute approximate surface area is 114 Å². The van der Waals surface area contributed by atoms with Gasteiger partial charge in [0.15, 0.2) is 0 Å². The summed E-state index contributed by atoms with van der Waals surface area (Å²) >= 11 is 0. The Bertz CT molecular complexity index is 465. The Hall–Kier alpha value is -1.73. The molecule has 4 nitrogen and oxygen atoms in total. The number of carboxylic acids is 1. The number of aromatic nitrogens is 1. The summed E-state index contributed by atoms with van der Waals surface area (Å²) in [6.45, 7) is 3.09. The zero-order valence-corrected chi connectivity index (χ0v) is 11.1. The molecule has 1 aliphatic heterocycles. The highest BCUT2D eigenvalue weighted by Crippen LogP contribution is 2.24. The maximum atomic E-state index is 11.1. The van der Waals surface area contributed by atoms with Crippen LogP contribution in [0.15, 0.2) is 18.3 Å². The molecule has 0 saturated carbocycles. The molecule has 0 radical (unpaired) electrons. The first-order chi connectivity index (χ1) is 9.22. The summed E-state index contributed by atoms with van der Waals surface area (Å²) in [4.78, 5) is 13.5. The minimum atomic E-state index is -0.846. The largest absolute Gasteiger partial charge is 0.477 e. The third kappa shape index (κ3) is 3.39. The predicted molar refractivity (Wildman–Crippen MR) is 74.2 cm³/mol. The summed E-state index contributed by atoms with van der Waals surface area (Å²) in [5.74, 6) is 1.82. The highest BCUT2D eigenvalue weighted by molar-refractivity contribution is 5.85. The summed E-state index contributed by atoms with van der Waals surface area (Å²) in [5.41, 5.74) is 0.394. The van der Waals surface area contributed by atoms with Gasteiger partial charge in [0.25, 0.3) is 0 Å². The van der Waals surface area contributed by atoms with Gasteiger partial charge < -0.3 is 14.6 Å². The van der Waals surface area contributed by atoms with E-state index in [4.69, 9.17) is 11.5 Å². The van der Waals surface area contributed by atoms with Crippen LogP contribution in [0, 0.1) is 12.3 Å². The number of rotatable bonds is 5. The summed E-state index contributed by atoms with van der Waals surface area (Å²) in [6, 6.07) is 3.79. The first-order valence-electron chi connectivity index (χ1n) is 6.78. The monoisotopic (exact) mass is 260 g/mol. The topological polar surface area (TPSA) is 45.5 Å². The molecule has 2 rings (SSSR count). The van der Waals surface area contributed by atoms with Crippen LogP contribution >= 0.6 is 0 Å². The number of unbranched alkanes of at least 4 members (excludes halogenated alkanes) is 1. The van der Waals surface area contributed by atoms with Gasteiger partial charge in [0, 0.05) is 31.7 Å². The van der Waals surface area contributed by atoms with E-state index in [0.29, 0.717) is 11.7 Å². The van der Waals surface area contributed by atoms with Crippen LogP contribution in [-0.2, 0) is 0 Å². The van der Waals surface area contributed by atoms with Gasteiger partial charge in [0.05, 0.1) is 0 Å². The molecule has 1 aromatic rings. The van der Waals surface area contributed by atoms with Gasteiger partial charge in [-0.1, -0.05) is 0 Å². The van der Waals surface area contributed by atoms with E-state index in [9.17, 15) is 4.79 Å². The lowest BCUT2D eigenvalue weighted by molar-refractivity contribution is 0.0678. The van der Waals surface area contributed by atoms with Crippen molar-refractivity contribution in [1.29, 1.82) is 0 Å². The minimum absolute atomic E-state index is 0.310. The van der Waals surface area contributed by atoms with E-state index in [1.165, 1.54) is 0 Å². The van der Waals surface area contributed by atoms with Gasteiger partial charge in [-0.3, -0.25) is 0 Å². The van der Waals surface area contributed by atoms with Crippen LogP contribution in [-0.4, -0.2) is 40.2 Å². The number of piperidine rings is 1. The Balaban J connectivity index is 1.88. The molecule has 19 heavy (non-hydrogen) atoms. The van der Waals surface area contributed by atoms with E-state index in [1.54, 1.807) is 6.07 Å². The van der Waals surface area contributed by atoms with Crippen LogP contribution in [0.4, 0.5) is 0 Å². The van der Waals surface area contributed by atoms with Gasteiger partial charge in [-0.05, 0) is 37.9 Å². The normalized spacial score (nSPS) is 17.2. The van der Waals surface area contributed by atoms with Crippen molar-refractivity contribution < 1.29 is 9.90 Å². The molecular weight excluding hydrogens is 240 g/mol. The van der Waals surface area contributed by atoms with E-state index < -0.39 is 5.97 Å². The SMILES string of the molecule is C#CCCCN1CCC(n2cccc2C(=O)O)CC1. The van der Waals surface area contributed by atoms with E-state index in [0.717, 1.165) is 45.3 Å². The average molecular weight is 260 g/mol. The van der Waals surface area contributed by atoms with Crippen LogP contribution < -0.4 is 0 Å². The highest BCUT2D eigenvalue weighted by atomic mass is 16.4. The molecule has 1 aliphatic rings. The first-order valence-corrected chi connectivity index (χ1v) is 6.78. The lowest BCUT2D eigenvalue weighted by atomic mass is 10.0. The summed E-state index contributed by atoms with van der Waals surface area (Å²) < 4.78 is 1.90. The molecular formula is C15H20N2O2. The zero-order chi connectivity index (χ0) is 13.7. The van der Waals surface area contributed by atoms with Gasteiger partial charge in [-0.25, -0.2) is 4.79 Å².